The van der Waals surface area contributed by atoms with Crippen molar-refractivity contribution in [3.05, 3.63) is 48.0 Å². The van der Waals surface area contributed by atoms with Gasteiger partial charge in [-0.1, -0.05) is 12.1 Å². The fraction of sp³-hybridized carbons (Fsp3) is 0.519. The van der Waals surface area contributed by atoms with E-state index in [1.807, 2.05) is 30.5 Å². The molecule has 0 aliphatic heterocycles. The Balaban J connectivity index is 0.000000297. The van der Waals surface area contributed by atoms with Crippen molar-refractivity contribution in [2.75, 3.05) is 6.26 Å². The Labute approximate surface area is 204 Å². The average molecular weight is 490 g/mol. The summed E-state index contributed by atoms with van der Waals surface area (Å²) in [6.07, 6.45) is 7.04. The first-order valence-corrected chi connectivity index (χ1v) is 13.0. The molecule has 0 bridgehead atoms. The molecule has 0 aromatic heterocycles. The third kappa shape index (κ3) is 5.35. The lowest BCUT2D eigenvalue weighted by atomic mass is 9.63. The molecular formula is C27H33F2NO3S. The second-order valence-electron chi connectivity index (χ2n) is 10.6. The maximum atomic E-state index is 14.6. The number of amides is 1. The molecule has 3 fully saturated rings. The highest BCUT2D eigenvalue weighted by Crippen LogP contribution is 2.73. The number of rotatable bonds is 4. The Morgan fingerprint density at radius 3 is 2.12 bits per heavy atom. The Kier molecular flexibility index (Phi) is 6.87. The number of benzene rings is 2. The van der Waals surface area contributed by atoms with Gasteiger partial charge in [0.15, 0.2) is 17.4 Å². The molecule has 0 heterocycles. The smallest absolute Gasteiger partial charge is 0.405 e. The number of thioether (sulfide) groups is 1. The summed E-state index contributed by atoms with van der Waals surface area (Å²) in [7, 11) is 0. The van der Waals surface area contributed by atoms with Crippen LogP contribution in [0, 0.1) is 28.9 Å². The van der Waals surface area contributed by atoms with E-state index >= 15 is 0 Å². The maximum absolute atomic E-state index is 14.6. The van der Waals surface area contributed by atoms with Gasteiger partial charge in [0, 0.05) is 4.90 Å². The summed E-state index contributed by atoms with van der Waals surface area (Å²) in [4.78, 5) is 11.1. The first-order chi connectivity index (χ1) is 16.0. The lowest BCUT2D eigenvalue weighted by molar-refractivity contribution is 0.0153. The van der Waals surface area contributed by atoms with Crippen LogP contribution in [0.25, 0.3) is 11.1 Å². The molecule has 7 heteroatoms. The van der Waals surface area contributed by atoms with Crippen LogP contribution in [0.1, 0.15) is 52.9 Å². The molecule has 34 heavy (non-hydrogen) atoms. The SMILES string of the molecule is CC(C)(C)OC(N)=O.CSc1ccc(-c2cc(F)c(OC3CC4CCC45CC5C3)c(F)c2)cc1. The van der Waals surface area contributed by atoms with Gasteiger partial charge in [0.05, 0.1) is 6.10 Å². The zero-order valence-corrected chi connectivity index (χ0v) is 21.0. The highest BCUT2D eigenvalue weighted by Gasteiger charge is 2.66. The Hall–Kier alpha value is -2.28. The average Bonchev–Trinajstić information content (AvgIpc) is 3.49. The van der Waals surface area contributed by atoms with Crippen LogP contribution < -0.4 is 10.5 Å². The second kappa shape index (κ2) is 9.40. The minimum atomic E-state index is -0.725. The number of carbonyl (C=O) groups excluding carboxylic acids is 1. The standard InChI is InChI=1S/C22H22F2OS.C5H11NO2/c1-26-18-4-2-13(3-5-18)14-8-19(23)21(20(24)9-14)25-17-10-15-6-7-22(15)12-16(22)11-17;1-5(2,3)8-4(6)7/h2-5,8-9,15-17H,6-7,10-12H2,1H3;1-3H3,(H2,6,7). The van der Waals surface area contributed by atoms with E-state index in [2.05, 4.69) is 4.74 Å². The van der Waals surface area contributed by atoms with E-state index < -0.39 is 23.3 Å². The van der Waals surface area contributed by atoms with E-state index in [1.165, 1.54) is 31.4 Å². The maximum Gasteiger partial charge on any atom is 0.405 e. The van der Waals surface area contributed by atoms with Crippen LogP contribution in [-0.2, 0) is 4.74 Å². The normalized spacial score (nSPS) is 26.7. The monoisotopic (exact) mass is 489 g/mol. The number of halogens is 2. The molecule has 184 valence electrons. The van der Waals surface area contributed by atoms with Crippen LogP contribution in [0.3, 0.4) is 0 Å². The van der Waals surface area contributed by atoms with Crippen molar-refractivity contribution in [3.8, 4) is 16.9 Å². The van der Waals surface area contributed by atoms with Gasteiger partial charge in [0.1, 0.15) is 5.60 Å². The molecule has 3 aliphatic carbocycles. The van der Waals surface area contributed by atoms with Gasteiger partial charge in [-0.15, -0.1) is 11.8 Å². The summed E-state index contributed by atoms with van der Waals surface area (Å²) >= 11 is 1.64. The molecule has 3 saturated carbocycles. The molecule has 2 N–H and O–H groups in total. The van der Waals surface area contributed by atoms with Crippen molar-refractivity contribution in [2.24, 2.45) is 23.0 Å². The lowest BCUT2D eigenvalue weighted by Crippen LogP contribution is -2.39. The second-order valence-corrected chi connectivity index (χ2v) is 11.5. The predicted molar refractivity (Wildman–Crippen MR) is 131 cm³/mol. The molecular weight excluding hydrogens is 456 g/mol. The molecule has 2 aromatic rings. The van der Waals surface area contributed by atoms with Crippen molar-refractivity contribution in [1.29, 1.82) is 0 Å². The highest BCUT2D eigenvalue weighted by atomic mass is 32.2. The first-order valence-electron chi connectivity index (χ1n) is 11.8. The molecule has 4 unspecified atom stereocenters. The van der Waals surface area contributed by atoms with E-state index in [0.29, 0.717) is 16.9 Å². The molecule has 3 aliphatic rings. The van der Waals surface area contributed by atoms with Crippen molar-refractivity contribution in [3.63, 3.8) is 0 Å². The van der Waals surface area contributed by atoms with Gasteiger partial charge >= 0.3 is 6.09 Å². The van der Waals surface area contributed by atoms with E-state index in [9.17, 15) is 13.6 Å². The highest BCUT2D eigenvalue weighted by molar-refractivity contribution is 7.98. The van der Waals surface area contributed by atoms with Gasteiger partial charge < -0.3 is 15.2 Å². The third-order valence-corrected chi connectivity index (χ3v) is 8.00. The number of hydrogen-bond acceptors (Lipinski definition) is 4. The van der Waals surface area contributed by atoms with E-state index in [-0.39, 0.29) is 11.9 Å². The van der Waals surface area contributed by atoms with Crippen molar-refractivity contribution < 1.29 is 23.0 Å². The molecule has 1 spiro atoms. The molecule has 2 aromatic carbocycles. The number of primary amides is 1. The summed E-state index contributed by atoms with van der Waals surface area (Å²) in [5.41, 5.74) is 6.22. The van der Waals surface area contributed by atoms with Crippen LogP contribution >= 0.6 is 11.8 Å². The molecule has 4 atom stereocenters. The summed E-state index contributed by atoms with van der Waals surface area (Å²) in [6.45, 7) is 5.28. The van der Waals surface area contributed by atoms with Gasteiger partial charge in [0.2, 0.25) is 0 Å². The predicted octanol–water partition coefficient (Wildman–Crippen LogP) is 7.19. The molecule has 0 radical (unpaired) electrons. The van der Waals surface area contributed by atoms with Gasteiger partial charge in [0.25, 0.3) is 0 Å². The number of nitrogens with two attached hydrogens (primary N) is 1. The minimum absolute atomic E-state index is 0.0448. The molecule has 0 saturated heterocycles. The van der Waals surface area contributed by atoms with E-state index in [0.717, 1.165) is 29.2 Å². The molecule has 1 amide bonds. The van der Waals surface area contributed by atoms with E-state index in [4.69, 9.17) is 10.5 Å². The summed E-state index contributed by atoms with van der Waals surface area (Å²) < 4.78 is 39.7. The number of hydrogen-bond donors (Lipinski definition) is 1. The zero-order chi connectivity index (χ0) is 24.7. The van der Waals surface area contributed by atoms with Crippen LogP contribution in [-0.4, -0.2) is 24.1 Å². The van der Waals surface area contributed by atoms with Crippen molar-refractivity contribution in [2.45, 2.75) is 69.5 Å². The number of ether oxygens (including phenoxy) is 2. The summed E-state index contributed by atoms with van der Waals surface area (Å²) in [5.74, 6) is 0.0317. The van der Waals surface area contributed by atoms with Crippen molar-refractivity contribution >= 4 is 17.9 Å². The van der Waals surface area contributed by atoms with Crippen LogP contribution in [0.5, 0.6) is 5.75 Å². The fourth-order valence-corrected chi connectivity index (χ4v) is 5.92. The first kappa shape index (κ1) is 24.8. The summed E-state index contributed by atoms with van der Waals surface area (Å²) in [6, 6.07) is 10.5. The van der Waals surface area contributed by atoms with Gasteiger partial charge in [-0.25, -0.2) is 13.6 Å². The topological polar surface area (TPSA) is 61.5 Å². The quantitative estimate of drug-likeness (QED) is 0.462. The zero-order valence-electron chi connectivity index (χ0n) is 20.2. The molecule has 5 rings (SSSR count). The Morgan fingerprint density at radius 1 is 1.06 bits per heavy atom. The third-order valence-electron chi connectivity index (χ3n) is 7.26. The van der Waals surface area contributed by atoms with Gasteiger partial charge in [-0.2, -0.15) is 0 Å². The molecule has 4 nitrogen and oxygen atoms in total. The Bertz CT molecular complexity index is 1030. The van der Waals surface area contributed by atoms with Gasteiger partial charge in [-0.05, 0) is 112 Å². The van der Waals surface area contributed by atoms with Crippen LogP contribution in [0.4, 0.5) is 13.6 Å². The largest absolute Gasteiger partial charge is 0.484 e. The Morgan fingerprint density at radius 2 is 1.68 bits per heavy atom. The minimum Gasteiger partial charge on any atom is -0.484 e. The fourth-order valence-electron chi connectivity index (χ4n) is 5.51. The number of carbonyl (C=O) groups is 1. The van der Waals surface area contributed by atoms with Crippen LogP contribution in [0.2, 0.25) is 0 Å². The van der Waals surface area contributed by atoms with E-state index in [1.54, 1.807) is 32.5 Å². The van der Waals surface area contributed by atoms with Crippen molar-refractivity contribution in [1.82, 2.24) is 0 Å². The lowest BCUT2D eigenvalue weighted by Gasteiger charge is -2.44. The summed E-state index contributed by atoms with van der Waals surface area (Å²) in [5, 5.41) is 0. The van der Waals surface area contributed by atoms with Gasteiger partial charge in [-0.3, -0.25) is 0 Å². The van der Waals surface area contributed by atoms with Crippen LogP contribution in [0.15, 0.2) is 41.3 Å².